The maximum Gasteiger partial charge on any atom is 0.234 e. The van der Waals surface area contributed by atoms with E-state index in [0.717, 1.165) is 29.3 Å². The second kappa shape index (κ2) is 9.51. The van der Waals surface area contributed by atoms with Crippen molar-refractivity contribution >= 4 is 28.6 Å². The van der Waals surface area contributed by atoms with E-state index in [1.54, 1.807) is 6.92 Å². The zero-order valence-electron chi connectivity index (χ0n) is 18.1. The monoisotopic (exact) mass is 425 g/mol. The van der Waals surface area contributed by atoms with Gasteiger partial charge in [0.25, 0.3) is 0 Å². The van der Waals surface area contributed by atoms with E-state index in [-0.39, 0.29) is 23.8 Å². The van der Waals surface area contributed by atoms with Gasteiger partial charge < -0.3 is 20.1 Å². The molecule has 0 bridgehead atoms. The third kappa shape index (κ3) is 5.25. The molecule has 0 spiro atoms. The van der Waals surface area contributed by atoms with E-state index in [0.29, 0.717) is 52.2 Å². The van der Waals surface area contributed by atoms with Crippen LogP contribution >= 0.6 is 0 Å². The Labute approximate surface area is 182 Å². The molecule has 1 aromatic carbocycles. The second-order valence-electron chi connectivity index (χ2n) is 8.54. The lowest BCUT2D eigenvalue weighted by Crippen LogP contribution is -2.53. The first-order valence-electron chi connectivity index (χ1n) is 11.1. The number of carbonyl (C=O) groups is 3. The number of aromatic nitrogens is 1. The van der Waals surface area contributed by atoms with E-state index in [1.807, 2.05) is 40.3 Å². The van der Waals surface area contributed by atoms with Crippen LogP contribution in [0.15, 0.2) is 30.5 Å². The first-order valence-corrected chi connectivity index (χ1v) is 11.1. The fraction of sp³-hybridized carbons (Fsp3) is 0.522. The van der Waals surface area contributed by atoms with Crippen molar-refractivity contribution in [1.82, 2.24) is 25.0 Å². The summed E-state index contributed by atoms with van der Waals surface area (Å²) in [7, 11) is 0. The quantitative estimate of drug-likeness (QED) is 0.748. The number of likely N-dealkylation sites (tertiary alicyclic amines) is 1. The molecular formula is C23H31N5O3. The average molecular weight is 426 g/mol. The second-order valence-corrected chi connectivity index (χ2v) is 8.54. The Balaban J connectivity index is 1.19. The van der Waals surface area contributed by atoms with Gasteiger partial charge in [0, 0.05) is 69.3 Å². The third-order valence-corrected chi connectivity index (χ3v) is 6.41. The molecule has 2 N–H and O–H groups in total. The van der Waals surface area contributed by atoms with Crippen molar-refractivity contribution in [1.29, 1.82) is 0 Å². The maximum absolute atomic E-state index is 12.8. The average Bonchev–Trinajstić information content (AvgIpc) is 3.17. The van der Waals surface area contributed by atoms with Gasteiger partial charge in [-0.25, -0.2) is 0 Å². The summed E-state index contributed by atoms with van der Waals surface area (Å²) in [5.74, 6) is 0.257. The molecular weight excluding hydrogens is 394 g/mol. The van der Waals surface area contributed by atoms with E-state index >= 15 is 0 Å². The first kappa shape index (κ1) is 21.4. The number of piperazine rings is 1. The molecule has 1 aromatic heterocycles. The highest BCUT2D eigenvalue weighted by Crippen LogP contribution is 2.19. The molecule has 2 aliphatic heterocycles. The molecule has 2 aromatic rings. The fourth-order valence-electron chi connectivity index (χ4n) is 4.52. The molecule has 3 heterocycles. The van der Waals surface area contributed by atoms with Crippen molar-refractivity contribution < 1.29 is 14.4 Å². The largest absolute Gasteiger partial charge is 0.361 e. The minimum absolute atomic E-state index is 0.0276. The lowest BCUT2D eigenvalue weighted by Gasteiger charge is -2.35. The molecule has 8 heteroatoms. The van der Waals surface area contributed by atoms with Gasteiger partial charge in [-0.1, -0.05) is 18.2 Å². The van der Waals surface area contributed by atoms with Crippen LogP contribution < -0.4 is 5.32 Å². The highest BCUT2D eigenvalue weighted by Gasteiger charge is 2.25. The Hall–Kier alpha value is -2.87. The number of aromatic amines is 1. The summed E-state index contributed by atoms with van der Waals surface area (Å²) in [4.78, 5) is 45.7. The first-order chi connectivity index (χ1) is 15.0. The number of hydrogen-bond acceptors (Lipinski definition) is 4. The number of para-hydroxylation sites is 1. The molecule has 8 nitrogen and oxygen atoms in total. The van der Waals surface area contributed by atoms with Crippen LogP contribution in [0, 0.1) is 0 Å². The van der Waals surface area contributed by atoms with E-state index in [4.69, 9.17) is 0 Å². The van der Waals surface area contributed by atoms with Crippen molar-refractivity contribution in [2.45, 2.75) is 32.2 Å². The molecule has 0 atom stereocenters. The standard InChI is InChI=1S/C23H31N5O3/c1-17(29)27-8-6-19(7-9-27)25-22(30)16-26-10-12-28(13-11-26)23(31)14-18-15-24-21-5-3-2-4-20(18)21/h2-5,15,19,24H,6-14,16H2,1H3,(H,25,30). The van der Waals surface area contributed by atoms with Gasteiger partial charge >= 0.3 is 0 Å². The Morgan fingerprint density at radius 2 is 1.71 bits per heavy atom. The van der Waals surface area contributed by atoms with Crippen LogP contribution in [-0.4, -0.2) is 89.3 Å². The number of piperidine rings is 1. The summed E-state index contributed by atoms with van der Waals surface area (Å²) in [6, 6.07) is 8.16. The molecule has 0 aliphatic carbocycles. The number of benzene rings is 1. The molecule has 0 radical (unpaired) electrons. The number of fused-ring (bicyclic) bond motifs is 1. The van der Waals surface area contributed by atoms with Gasteiger partial charge in [-0.3, -0.25) is 19.3 Å². The molecule has 31 heavy (non-hydrogen) atoms. The molecule has 166 valence electrons. The Morgan fingerprint density at radius 3 is 2.42 bits per heavy atom. The number of nitrogens with one attached hydrogen (secondary N) is 2. The molecule has 3 amide bonds. The molecule has 0 saturated carbocycles. The van der Waals surface area contributed by atoms with Crippen LogP contribution in [0.4, 0.5) is 0 Å². The summed E-state index contributed by atoms with van der Waals surface area (Å²) in [5, 5.41) is 4.20. The topological polar surface area (TPSA) is 88.8 Å². The summed E-state index contributed by atoms with van der Waals surface area (Å²) in [6.07, 6.45) is 3.93. The number of carbonyl (C=O) groups excluding carboxylic acids is 3. The molecule has 4 rings (SSSR count). The minimum atomic E-state index is 0.0276. The number of nitrogens with zero attached hydrogens (tertiary/aromatic N) is 3. The van der Waals surface area contributed by atoms with E-state index in [1.165, 1.54) is 0 Å². The van der Waals surface area contributed by atoms with E-state index < -0.39 is 0 Å². The Bertz CT molecular complexity index is 940. The highest BCUT2D eigenvalue weighted by atomic mass is 16.2. The number of rotatable bonds is 5. The lowest BCUT2D eigenvalue weighted by atomic mass is 10.1. The predicted octanol–water partition coefficient (Wildman–Crippen LogP) is 0.982. The lowest BCUT2D eigenvalue weighted by molar-refractivity contribution is -0.132. The Kier molecular flexibility index (Phi) is 6.56. The van der Waals surface area contributed by atoms with Crippen molar-refractivity contribution in [2.75, 3.05) is 45.8 Å². The highest BCUT2D eigenvalue weighted by molar-refractivity contribution is 5.89. The van der Waals surface area contributed by atoms with Gasteiger partial charge in [-0.15, -0.1) is 0 Å². The normalized spacial score (nSPS) is 18.4. The van der Waals surface area contributed by atoms with Crippen molar-refractivity contribution in [3.8, 4) is 0 Å². The van der Waals surface area contributed by atoms with Crippen LogP contribution in [0.3, 0.4) is 0 Å². The van der Waals surface area contributed by atoms with Crippen LogP contribution in [0.2, 0.25) is 0 Å². The van der Waals surface area contributed by atoms with Crippen molar-refractivity contribution in [3.63, 3.8) is 0 Å². The minimum Gasteiger partial charge on any atom is -0.361 e. The smallest absolute Gasteiger partial charge is 0.234 e. The number of H-pyrrole nitrogens is 1. The summed E-state index contributed by atoms with van der Waals surface area (Å²) in [5.41, 5.74) is 2.08. The van der Waals surface area contributed by atoms with E-state index in [9.17, 15) is 14.4 Å². The number of hydrogen-bond donors (Lipinski definition) is 2. The van der Waals surface area contributed by atoms with Crippen molar-refractivity contribution in [2.24, 2.45) is 0 Å². The molecule has 2 fully saturated rings. The van der Waals surface area contributed by atoms with Gasteiger partial charge in [0.05, 0.1) is 13.0 Å². The van der Waals surface area contributed by atoms with Crippen LogP contribution in [0.5, 0.6) is 0 Å². The van der Waals surface area contributed by atoms with Crippen LogP contribution in [-0.2, 0) is 20.8 Å². The van der Waals surface area contributed by atoms with Gasteiger partial charge in [-0.05, 0) is 24.5 Å². The van der Waals surface area contributed by atoms with Gasteiger partial charge in [-0.2, -0.15) is 0 Å². The summed E-state index contributed by atoms with van der Waals surface area (Å²) in [6.45, 7) is 6.05. The Morgan fingerprint density at radius 1 is 1.00 bits per heavy atom. The third-order valence-electron chi connectivity index (χ3n) is 6.41. The number of amides is 3. The van der Waals surface area contributed by atoms with Gasteiger partial charge in [0.1, 0.15) is 0 Å². The molecule has 2 aliphatic rings. The summed E-state index contributed by atoms with van der Waals surface area (Å²) < 4.78 is 0. The predicted molar refractivity (Wildman–Crippen MR) is 118 cm³/mol. The SMILES string of the molecule is CC(=O)N1CCC(NC(=O)CN2CCN(C(=O)Cc3c[nH]c4ccccc34)CC2)CC1. The zero-order chi connectivity index (χ0) is 21.8. The van der Waals surface area contributed by atoms with Crippen LogP contribution in [0.25, 0.3) is 10.9 Å². The van der Waals surface area contributed by atoms with Crippen molar-refractivity contribution in [3.05, 3.63) is 36.0 Å². The molecule has 0 unspecified atom stereocenters. The fourth-order valence-corrected chi connectivity index (χ4v) is 4.52. The molecule has 2 saturated heterocycles. The maximum atomic E-state index is 12.8. The van der Waals surface area contributed by atoms with E-state index in [2.05, 4.69) is 15.2 Å². The van der Waals surface area contributed by atoms with Gasteiger partial charge in [0.15, 0.2) is 0 Å². The zero-order valence-corrected chi connectivity index (χ0v) is 18.1. The van der Waals surface area contributed by atoms with Crippen LogP contribution in [0.1, 0.15) is 25.3 Å². The summed E-state index contributed by atoms with van der Waals surface area (Å²) >= 11 is 0. The van der Waals surface area contributed by atoms with Gasteiger partial charge in [0.2, 0.25) is 17.7 Å².